The van der Waals surface area contributed by atoms with Crippen molar-refractivity contribution in [3.05, 3.63) is 17.5 Å². The first-order valence-electron chi connectivity index (χ1n) is 6.19. The molecule has 0 aromatic carbocycles. The van der Waals surface area contributed by atoms with Gasteiger partial charge >= 0.3 is 0 Å². The molecule has 17 heavy (non-hydrogen) atoms. The minimum atomic E-state index is 0.111. The Labute approximate surface area is 105 Å². The highest BCUT2D eigenvalue weighted by atomic mass is 15.3. The van der Waals surface area contributed by atoms with Gasteiger partial charge in [0.1, 0.15) is 0 Å². The van der Waals surface area contributed by atoms with Gasteiger partial charge in [-0.25, -0.2) is 0 Å². The molecule has 1 N–H and O–H groups in total. The van der Waals surface area contributed by atoms with Crippen LogP contribution in [0.15, 0.2) is 6.20 Å². The number of hydrogen-bond donors (Lipinski definition) is 1. The summed E-state index contributed by atoms with van der Waals surface area (Å²) in [6, 6.07) is 0. The average molecular weight is 238 g/mol. The van der Waals surface area contributed by atoms with Gasteiger partial charge in [0.05, 0.1) is 5.69 Å². The van der Waals surface area contributed by atoms with Crippen LogP contribution in [0, 0.1) is 0 Å². The second-order valence-electron chi connectivity index (χ2n) is 5.91. The minimum Gasteiger partial charge on any atom is -0.311 e. The number of aryl methyl sites for hydroxylation is 1. The summed E-state index contributed by atoms with van der Waals surface area (Å²) < 4.78 is 1.91. The smallest absolute Gasteiger partial charge is 0.0722 e. The van der Waals surface area contributed by atoms with Gasteiger partial charge in [-0.05, 0) is 14.1 Å². The third kappa shape index (κ3) is 4.48. The highest BCUT2D eigenvalue weighted by molar-refractivity contribution is 5.23. The van der Waals surface area contributed by atoms with E-state index in [0.29, 0.717) is 0 Å². The van der Waals surface area contributed by atoms with E-state index >= 15 is 0 Å². The van der Waals surface area contributed by atoms with E-state index in [9.17, 15) is 0 Å². The zero-order valence-corrected chi connectivity index (χ0v) is 12.0. The number of nitrogens with zero attached hydrogens (tertiary/aromatic N) is 3. The van der Waals surface area contributed by atoms with E-state index < -0.39 is 0 Å². The Balaban J connectivity index is 2.59. The molecule has 4 heteroatoms. The van der Waals surface area contributed by atoms with Gasteiger partial charge in [0.15, 0.2) is 0 Å². The fraction of sp³-hybridized carbons (Fsp3) is 0.769. The Kier molecular flexibility index (Phi) is 4.71. The van der Waals surface area contributed by atoms with E-state index in [2.05, 4.69) is 56.4 Å². The molecular formula is C13H26N4. The number of likely N-dealkylation sites (N-methyl/N-ethyl adjacent to an activating group) is 1. The highest BCUT2D eigenvalue weighted by Gasteiger charge is 2.21. The highest BCUT2D eigenvalue weighted by Crippen LogP contribution is 2.23. The van der Waals surface area contributed by atoms with Crippen LogP contribution in [0.4, 0.5) is 0 Å². The van der Waals surface area contributed by atoms with Crippen LogP contribution in [0.1, 0.15) is 32.0 Å². The topological polar surface area (TPSA) is 33.1 Å². The third-order valence-electron chi connectivity index (χ3n) is 2.67. The molecule has 0 saturated heterocycles. The summed E-state index contributed by atoms with van der Waals surface area (Å²) in [5.41, 5.74) is 2.61. The lowest BCUT2D eigenvalue weighted by Crippen LogP contribution is -2.27. The molecule has 4 nitrogen and oxygen atoms in total. The molecular weight excluding hydrogens is 212 g/mol. The quantitative estimate of drug-likeness (QED) is 0.787. The van der Waals surface area contributed by atoms with Crippen LogP contribution in [-0.4, -0.2) is 41.9 Å². The van der Waals surface area contributed by atoms with E-state index in [0.717, 1.165) is 19.6 Å². The van der Waals surface area contributed by atoms with Crippen molar-refractivity contribution >= 4 is 0 Å². The molecule has 0 atom stereocenters. The van der Waals surface area contributed by atoms with E-state index in [1.165, 1.54) is 11.3 Å². The SMILES string of the molecule is CN(C)CCNCc1cn(C)nc1C(C)(C)C. The molecule has 0 spiro atoms. The van der Waals surface area contributed by atoms with Crippen LogP contribution in [0.2, 0.25) is 0 Å². The number of hydrogen-bond acceptors (Lipinski definition) is 3. The van der Waals surface area contributed by atoms with E-state index in [1.54, 1.807) is 0 Å². The van der Waals surface area contributed by atoms with Gasteiger partial charge in [-0.15, -0.1) is 0 Å². The maximum Gasteiger partial charge on any atom is 0.0722 e. The van der Waals surface area contributed by atoms with E-state index in [4.69, 9.17) is 0 Å². The van der Waals surface area contributed by atoms with Crippen LogP contribution in [-0.2, 0) is 19.0 Å². The molecule has 1 rings (SSSR count). The summed E-state index contributed by atoms with van der Waals surface area (Å²) in [6.45, 7) is 9.58. The van der Waals surface area contributed by atoms with Gasteiger partial charge in [0.2, 0.25) is 0 Å². The van der Waals surface area contributed by atoms with Gasteiger partial charge < -0.3 is 10.2 Å². The summed E-state index contributed by atoms with van der Waals surface area (Å²) >= 11 is 0. The lowest BCUT2D eigenvalue weighted by atomic mass is 9.89. The molecule has 0 amide bonds. The number of aromatic nitrogens is 2. The van der Waals surface area contributed by atoms with Crippen molar-refractivity contribution in [3.8, 4) is 0 Å². The Morgan fingerprint density at radius 2 is 2.00 bits per heavy atom. The fourth-order valence-corrected chi connectivity index (χ4v) is 1.82. The molecule has 0 aliphatic rings. The van der Waals surface area contributed by atoms with Crippen LogP contribution in [0.5, 0.6) is 0 Å². The summed E-state index contributed by atoms with van der Waals surface area (Å²) in [5, 5.41) is 8.03. The van der Waals surface area contributed by atoms with Crippen molar-refractivity contribution < 1.29 is 0 Å². The normalized spacial score (nSPS) is 12.4. The Morgan fingerprint density at radius 3 is 2.53 bits per heavy atom. The van der Waals surface area contributed by atoms with E-state index in [-0.39, 0.29) is 5.41 Å². The summed E-state index contributed by atoms with van der Waals surface area (Å²) in [6.07, 6.45) is 2.11. The van der Waals surface area contributed by atoms with Crippen LogP contribution in [0.3, 0.4) is 0 Å². The maximum absolute atomic E-state index is 4.56. The maximum atomic E-state index is 4.56. The molecule has 0 saturated carbocycles. The molecule has 0 radical (unpaired) electrons. The Morgan fingerprint density at radius 1 is 1.35 bits per heavy atom. The Bertz CT molecular complexity index is 347. The van der Waals surface area contributed by atoms with Gasteiger partial charge in [0, 0.05) is 43.9 Å². The van der Waals surface area contributed by atoms with Gasteiger partial charge in [-0.3, -0.25) is 4.68 Å². The molecule has 98 valence electrons. The fourth-order valence-electron chi connectivity index (χ4n) is 1.82. The second kappa shape index (κ2) is 5.65. The number of rotatable bonds is 5. The summed E-state index contributed by atoms with van der Waals surface area (Å²) in [5.74, 6) is 0. The second-order valence-corrected chi connectivity index (χ2v) is 5.91. The summed E-state index contributed by atoms with van der Waals surface area (Å²) in [7, 11) is 6.16. The first kappa shape index (κ1) is 14.2. The number of nitrogens with one attached hydrogen (secondary N) is 1. The van der Waals surface area contributed by atoms with Crippen LogP contribution >= 0.6 is 0 Å². The third-order valence-corrected chi connectivity index (χ3v) is 2.67. The van der Waals surface area contributed by atoms with Gasteiger partial charge in [0.25, 0.3) is 0 Å². The molecule has 0 aliphatic carbocycles. The van der Waals surface area contributed by atoms with Gasteiger partial charge in [-0.1, -0.05) is 20.8 Å². The van der Waals surface area contributed by atoms with Crippen molar-refractivity contribution in [1.29, 1.82) is 0 Å². The minimum absolute atomic E-state index is 0.111. The standard InChI is InChI=1S/C13H26N4/c1-13(2,3)12-11(10-17(6)15-12)9-14-7-8-16(4)5/h10,14H,7-9H2,1-6H3. The Hall–Kier alpha value is -0.870. The van der Waals surface area contributed by atoms with E-state index in [1.807, 2.05) is 11.7 Å². The van der Waals surface area contributed by atoms with Crippen molar-refractivity contribution in [2.75, 3.05) is 27.2 Å². The monoisotopic (exact) mass is 238 g/mol. The van der Waals surface area contributed by atoms with Crippen LogP contribution < -0.4 is 5.32 Å². The first-order valence-corrected chi connectivity index (χ1v) is 6.19. The average Bonchev–Trinajstić information content (AvgIpc) is 2.53. The zero-order chi connectivity index (χ0) is 13.1. The molecule has 0 unspecified atom stereocenters. The molecule has 0 bridgehead atoms. The van der Waals surface area contributed by atoms with Crippen LogP contribution in [0.25, 0.3) is 0 Å². The molecule has 0 aliphatic heterocycles. The van der Waals surface area contributed by atoms with Crippen molar-refractivity contribution in [2.24, 2.45) is 7.05 Å². The largest absolute Gasteiger partial charge is 0.311 e. The lowest BCUT2D eigenvalue weighted by Gasteiger charge is -2.18. The molecule has 1 aromatic heterocycles. The molecule has 0 fully saturated rings. The van der Waals surface area contributed by atoms with Crippen molar-refractivity contribution in [3.63, 3.8) is 0 Å². The zero-order valence-electron chi connectivity index (χ0n) is 12.0. The molecule has 1 heterocycles. The van der Waals surface area contributed by atoms with Gasteiger partial charge in [-0.2, -0.15) is 5.10 Å². The van der Waals surface area contributed by atoms with Crippen molar-refractivity contribution in [1.82, 2.24) is 20.0 Å². The first-order chi connectivity index (χ1) is 7.80. The predicted molar refractivity (Wildman–Crippen MR) is 72.2 cm³/mol. The predicted octanol–water partition coefficient (Wildman–Crippen LogP) is 1.37. The van der Waals surface area contributed by atoms with Crippen molar-refractivity contribution in [2.45, 2.75) is 32.7 Å². The molecule has 1 aromatic rings. The summed E-state index contributed by atoms with van der Waals surface area (Å²) in [4.78, 5) is 2.18. The lowest BCUT2D eigenvalue weighted by molar-refractivity contribution is 0.399.